The van der Waals surface area contributed by atoms with Crippen LogP contribution in [0.2, 0.25) is 0 Å². The summed E-state index contributed by atoms with van der Waals surface area (Å²) in [6.07, 6.45) is 0. The molecule has 0 bridgehead atoms. The van der Waals surface area contributed by atoms with E-state index in [4.69, 9.17) is 4.74 Å². The number of benzene rings is 2. The Labute approximate surface area is 137 Å². The van der Waals surface area contributed by atoms with Crippen LogP contribution in [0.5, 0.6) is 5.75 Å². The summed E-state index contributed by atoms with van der Waals surface area (Å²) in [6.45, 7) is 8.48. The lowest BCUT2D eigenvalue weighted by molar-refractivity contribution is -0.116. The van der Waals surface area contributed by atoms with Gasteiger partial charge in [0.2, 0.25) is 5.91 Å². The normalized spacial score (nSPS) is 11.7. The molecule has 0 saturated carbocycles. The monoisotopic (exact) mass is 312 g/mol. The van der Waals surface area contributed by atoms with Crippen LogP contribution in [-0.4, -0.2) is 18.6 Å². The average molecular weight is 312 g/mol. The maximum atomic E-state index is 12.4. The number of aryl methyl sites for hydroxylation is 1. The van der Waals surface area contributed by atoms with Gasteiger partial charge in [0.25, 0.3) is 0 Å². The largest absolute Gasteiger partial charge is 0.494 e. The molecule has 2 aromatic rings. The van der Waals surface area contributed by atoms with Gasteiger partial charge in [-0.05, 0) is 69.2 Å². The van der Waals surface area contributed by atoms with Gasteiger partial charge in [0.05, 0.1) is 6.61 Å². The average Bonchev–Trinajstić information content (AvgIpc) is 2.54. The van der Waals surface area contributed by atoms with Gasteiger partial charge >= 0.3 is 0 Å². The second-order valence-electron chi connectivity index (χ2n) is 5.56. The quantitative estimate of drug-likeness (QED) is 0.843. The molecule has 0 heterocycles. The number of carbonyl (C=O) groups is 1. The van der Waals surface area contributed by atoms with E-state index in [1.807, 2.05) is 70.2 Å². The first kappa shape index (κ1) is 16.9. The zero-order valence-electron chi connectivity index (χ0n) is 14.1. The molecule has 1 unspecified atom stereocenters. The molecule has 0 aliphatic carbocycles. The van der Waals surface area contributed by atoms with Crippen LogP contribution in [0, 0.1) is 13.8 Å². The highest BCUT2D eigenvalue weighted by molar-refractivity contribution is 5.96. The molecule has 23 heavy (non-hydrogen) atoms. The highest BCUT2D eigenvalue weighted by Gasteiger charge is 2.14. The van der Waals surface area contributed by atoms with Gasteiger partial charge in [-0.1, -0.05) is 12.1 Å². The Balaban J connectivity index is 1.98. The summed E-state index contributed by atoms with van der Waals surface area (Å²) >= 11 is 0. The number of ether oxygens (including phenoxy) is 1. The summed E-state index contributed by atoms with van der Waals surface area (Å²) in [6, 6.07) is 13.2. The number of hydrogen-bond donors (Lipinski definition) is 2. The van der Waals surface area contributed by atoms with Crippen molar-refractivity contribution < 1.29 is 9.53 Å². The molecular formula is C19H24N2O2. The lowest BCUT2D eigenvalue weighted by atomic mass is 10.1. The van der Waals surface area contributed by atoms with Crippen LogP contribution in [0.1, 0.15) is 25.0 Å². The van der Waals surface area contributed by atoms with Crippen molar-refractivity contribution in [1.82, 2.24) is 0 Å². The fourth-order valence-corrected chi connectivity index (χ4v) is 2.26. The van der Waals surface area contributed by atoms with Crippen LogP contribution in [-0.2, 0) is 4.79 Å². The minimum absolute atomic E-state index is 0.0624. The first-order valence-corrected chi connectivity index (χ1v) is 7.87. The molecule has 0 radical (unpaired) electrons. The fourth-order valence-electron chi connectivity index (χ4n) is 2.26. The van der Waals surface area contributed by atoms with Crippen molar-refractivity contribution in [2.45, 2.75) is 33.7 Å². The van der Waals surface area contributed by atoms with Crippen LogP contribution in [0.3, 0.4) is 0 Å². The van der Waals surface area contributed by atoms with Crippen molar-refractivity contribution >= 4 is 17.3 Å². The Kier molecular flexibility index (Phi) is 5.63. The summed E-state index contributed by atoms with van der Waals surface area (Å²) in [4.78, 5) is 12.4. The smallest absolute Gasteiger partial charge is 0.246 e. The zero-order chi connectivity index (χ0) is 16.8. The van der Waals surface area contributed by atoms with Crippen LogP contribution >= 0.6 is 0 Å². The van der Waals surface area contributed by atoms with Gasteiger partial charge in [-0.3, -0.25) is 4.79 Å². The fraction of sp³-hybridized carbons (Fsp3) is 0.316. The highest BCUT2D eigenvalue weighted by Crippen LogP contribution is 2.19. The Morgan fingerprint density at radius 1 is 1.13 bits per heavy atom. The molecule has 1 atom stereocenters. The van der Waals surface area contributed by atoms with E-state index >= 15 is 0 Å². The van der Waals surface area contributed by atoms with Crippen LogP contribution in [0.4, 0.5) is 11.4 Å². The van der Waals surface area contributed by atoms with E-state index < -0.39 is 0 Å². The molecule has 122 valence electrons. The third-order valence-electron chi connectivity index (χ3n) is 3.80. The Hall–Kier alpha value is -2.49. The maximum absolute atomic E-state index is 12.4. The summed E-state index contributed by atoms with van der Waals surface area (Å²) in [7, 11) is 0. The van der Waals surface area contributed by atoms with Gasteiger partial charge in [-0.15, -0.1) is 0 Å². The Morgan fingerprint density at radius 2 is 1.83 bits per heavy atom. The van der Waals surface area contributed by atoms with Crippen molar-refractivity contribution in [2.24, 2.45) is 0 Å². The lowest BCUT2D eigenvalue weighted by Gasteiger charge is -2.17. The molecule has 4 nitrogen and oxygen atoms in total. The van der Waals surface area contributed by atoms with Crippen molar-refractivity contribution in [3.63, 3.8) is 0 Å². The third kappa shape index (κ3) is 4.49. The zero-order valence-corrected chi connectivity index (χ0v) is 14.1. The van der Waals surface area contributed by atoms with Crippen LogP contribution < -0.4 is 15.4 Å². The van der Waals surface area contributed by atoms with Crippen molar-refractivity contribution in [1.29, 1.82) is 0 Å². The van der Waals surface area contributed by atoms with E-state index in [9.17, 15) is 4.79 Å². The van der Waals surface area contributed by atoms with E-state index in [1.165, 1.54) is 0 Å². The number of hydrogen-bond acceptors (Lipinski definition) is 3. The Bertz CT molecular complexity index is 666. The van der Waals surface area contributed by atoms with Crippen molar-refractivity contribution in [3.8, 4) is 5.75 Å². The molecule has 0 saturated heterocycles. The molecule has 2 aromatic carbocycles. The number of anilines is 2. The number of nitrogens with one attached hydrogen (secondary N) is 2. The molecule has 2 N–H and O–H groups in total. The first-order chi connectivity index (χ1) is 11.0. The maximum Gasteiger partial charge on any atom is 0.246 e. The first-order valence-electron chi connectivity index (χ1n) is 7.87. The lowest BCUT2D eigenvalue weighted by Crippen LogP contribution is -2.32. The second kappa shape index (κ2) is 7.68. The molecule has 1 amide bonds. The predicted molar refractivity (Wildman–Crippen MR) is 95.2 cm³/mol. The SMILES string of the molecule is CCOc1ccc(NC(C)C(=O)Nc2cccc(C)c2C)cc1. The molecular weight excluding hydrogens is 288 g/mol. The van der Waals surface area contributed by atoms with Gasteiger partial charge in [0.15, 0.2) is 0 Å². The van der Waals surface area contributed by atoms with E-state index in [-0.39, 0.29) is 11.9 Å². The Morgan fingerprint density at radius 3 is 2.48 bits per heavy atom. The topological polar surface area (TPSA) is 50.4 Å². The van der Waals surface area contributed by atoms with Gasteiger partial charge in [0.1, 0.15) is 11.8 Å². The summed E-state index contributed by atoms with van der Waals surface area (Å²) in [5.41, 5.74) is 4.00. The van der Waals surface area contributed by atoms with E-state index in [2.05, 4.69) is 10.6 Å². The predicted octanol–water partition coefficient (Wildman–Crippen LogP) is 4.14. The van der Waals surface area contributed by atoms with Gasteiger partial charge in [0, 0.05) is 11.4 Å². The molecule has 0 aliphatic rings. The van der Waals surface area contributed by atoms with E-state index in [0.717, 1.165) is 28.3 Å². The summed E-state index contributed by atoms with van der Waals surface area (Å²) in [5.74, 6) is 0.762. The molecule has 0 aromatic heterocycles. The second-order valence-corrected chi connectivity index (χ2v) is 5.56. The van der Waals surface area contributed by atoms with Gasteiger partial charge in [-0.25, -0.2) is 0 Å². The summed E-state index contributed by atoms with van der Waals surface area (Å²) in [5, 5.41) is 6.17. The number of amides is 1. The van der Waals surface area contributed by atoms with Crippen LogP contribution in [0.15, 0.2) is 42.5 Å². The summed E-state index contributed by atoms with van der Waals surface area (Å²) < 4.78 is 5.41. The van der Waals surface area contributed by atoms with Crippen molar-refractivity contribution in [3.05, 3.63) is 53.6 Å². The molecule has 2 rings (SSSR count). The van der Waals surface area contributed by atoms with Gasteiger partial charge in [-0.2, -0.15) is 0 Å². The minimum Gasteiger partial charge on any atom is -0.494 e. The molecule has 0 spiro atoms. The van der Waals surface area contributed by atoms with Gasteiger partial charge < -0.3 is 15.4 Å². The number of carbonyl (C=O) groups excluding carboxylic acids is 1. The number of rotatable bonds is 6. The molecule has 0 aliphatic heterocycles. The molecule has 4 heteroatoms. The van der Waals surface area contributed by atoms with E-state index in [1.54, 1.807) is 0 Å². The minimum atomic E-state index is -0.340. The van der Waals surface area contributed by atoms with Crippen LogP contribution in [0.25, 0.3) is 0 Å². The van der Waals surface area contributed by atoms with E-state index in [0.29, 0.717) is 6.61 Å². The highest BCUT2D eigenvalue weighted by atomic mass is 16.5. The third-order valence-corrected chi connectivity index (χ3v) is 3.80. The standard InChI is InChI=1S/C19H24N2O2/c1-5-23-17-11-9-16(10-12-17)20-15(4)19(22)21-18-8-6-7-13(2)14(18)3/h6-12,15,20H,5H2,1-4H3,(H,21,22). The molecule has 0 fully saturated rings. The van der Waals surface area contributed by atoms with Crippen molar-refractivity contribution in [2.75, 3.05) is 17.2 Å².